The molecule has 0 spiro atoms. The Hall–Kier alpha value is -3.03. The Morgan fingerprint density at radius 1 is 1.38 bits per heavy atom. The smallest absolute Gasteiger partial charge is 0.305 e. The van der Waals surface area contributed by atoms with Crippen molar-refractivity contribution in [2.24, 2.45) is 5.41 Å². The number of carbonyl (C=O) groups excluding carboxylic acids is 1. The van der Waals surface area contributed by atoms with Crippen molar-refractivity contribution in [3.8, 4) is 5.69 Å². The number of hydrogen-bond donors (Lipinski definition) is 0. The summed E-state index contributed by atoms with van der Waals surface area (Å²) in [6.45, 7) is 1.92. The molecule has 2 aromatic rings. The van der Waals surface area contributed by atoms with E-state index >= 15 is 0 Å². The topological polar surface area (TPSA) is 87.3 Å². The van der Waals surface area contributed by atoms with Crippen LogP contribution in [0.4, 0.5) is 4.39 Å². The Morgan fingerprint density at radius 2 is 2.10 bits per heavy atom. The molecule has 1 fully saturated rings. The average molecular weight is 399 g/mol. The van der Waals surface area contributed by atoms with Crippen LogP contribution in [-0.2, 0) is 16.0 Å². The normalized spacial score (nSPS) is 25.1. The van der Waals surface area contributed by atoms with Crippen molar-refractivity contribution in [2.45, 2.75) is 44.6 Å². The SMILES string of the molecule is COC(=O)CC[C@]1([N+](=O)[O-])CCC2=Cc3c(cnn3-c3ccc(F)cc3)C[C@@]21C. The van der Waals surface area contributed by atoms with Gasteiger partial charge in [-0.3, -0.25) is 14.9 Å². The second kappa shape index (κ2) is 6.79. The van der Waals surface area contributed by atoms with E-state index in [1.165, 1.54) is 19.2 Å². The number of rotatable bonds is 5. The van der Waals surface area contributed by atoms with Crippen molar-refractivity contribution >= 4 is 12.0 Å². The maximum atomic E-state index is 13.3. The Bertz CT molecular complexity index is 1010. The number of aromatic nitrogens is 2. The summed E-state index contributed by atoms with van der Waals surface area (Å²) in [7, 11) is 1.29. The quantitative estimate of drug-likeness (QED) is 0.434. The number of halogens is 1. The molecule has 0 bridgehead atoms. The molecule has 1 aromatic carbocycles. The first-order chi connectivity index (χ1) is 13.8. The summed E-state index contributed by atoms with van der Waals surface area (Å²) in [5.41, 5.74) is 1.59. The fourth-order valence-electron chi connectivity index (χ4n) is 4.91. The predicted octanol–water partition coefficient (Wildman–Crippen LogP) is 3.72. The number of fused-ring (bicyclic) bond motifs is 2. The van der Waals surface area contributed by atoms with Crippen LogP contribution < -0.4 is 0 Å². The van der Waals surface area contributed by atoms with Gasteiger partial charge in [0.1, 0.15) is 5.82 Å². The highest BCUT2D eigenvalue weighted by Crippen LogP contribution is 2.58. The van der Waals surface area contributed by atoms with Gasteiger partial charge in [-0.1, -0.05) is 5.57 Å². The van der Waals surface area contributed by atoms with Crippen LogP contribution in [0.2, 0.25) is 0 Å². The molecule has 152 valence electrons. The van der Waals surface area contributed by atoms with E-state index in [1.54, 1.807) is 23.0 Å². The molecular formula is C21H22FN3O4. The van der Waals surface area contributed by atoms with Gasteiger partial charge in [0.15, 0.2) is 0 Å². The minimum Gasteiger partial charge on any atom is -0.469 e. The number of nitro groups is 1. The van der Waals surface area contributed by atoms with Gasteiger partial charge < -0.3 is 4.74 Å². The molecule has 1 saturated carbocycles. The Morgan fingerprint density at radius 3 is 2.76 bits per heavy atom. The number of esters is 1. The van der Waals surface area contributed by atoms with Gasteiger partial charge >= 0.3 is 5.97 Å². The third kappa shape index (κ3) is 2.85. The van der Waals surface area contributed by atoms with E-state index < -0.39 is 16.9 Å². The lowest BCUT2D eigenvalue weighted by atomic mass is 9.64. The molecule has 0 unspecified atom stereocenters. The molecule has 0 amide bonds. The zero-order valence-corrected chi connectivity index (χ0v) is 16.4. The number of benzene rings is 1. The van der Waals surface area contributed by atoms with Gasteiger partial charge in [-0.05, 0) is 55.7 Å². The maximum Gasteiger partial charge on any atom is 0.305 e. The largest absolute Gasteiger partial charge is 0.469 e. The highest BCUT2D eigenvalue weighted by atomic mass is 19.1. The number of nitrogens with zero attached hydrogens (tertiary/aromatic N) is 3. The van der Waals surface area contributed by atoms with E-state index in [4.69, 9.17) is 4.74 Å². The fourth-order valence-corrected chi connectivity index (χ4v) is 4.91. The molecular weight excluding hydrogens is 377 g/mol. The molecule has 7 nitrogen and oxygen atoms in total. The summed E-state index contributed by atoms with van der Waals surface area (Å²) in [4.78, 5) is 23.7. The van der Waals surface area contributed by atoms with Gasteiger partial charge in [0.2, 0.25) is 5.54 Å². The highest BCUT2D eigenvalue weighted by Gasteiger charge is 2.64. The highest BCUT2D eigenvalue weighted by molar-refractivity contribution is 5.69. The van der Waals surface area contributed by atoms with Crippen molar-refractivity contribution in [1.82, 2.24) is 9.78 Å². The van der Waals surface area contributed by atoms with Crippen LogP contribution in [0.1, 0.15) is 43.9 Å². The van der Waals surface area contributed by atoms with Crippen LogP contribution in [0.25, 0.3) is 11.8 Å². The van der Waals surface area contributed by atoms with Crippen molar-refractivity contribution in [3.63, 3.8) is 0 Å². The van der Waals surface area contributed by atoms with Gasteiger partial charge in [0.25, 0.3) is 0 Å². The van der Waals surface area contributed by atoms with Crippen molar-refractivity contribution in [2.75, 3.05) is 7.11 Å². The first-order valence-electron chi connectivity index (χ1n) is 9.56. The van der Waals surface area contributed by atoms with E-state index in [1.807, 2.05) is 13.0 Å². The Labute approximate surface area is 167 Å². The number of ether oxygens (including phenoxy) is 1. The summed E-state index contributed by atoms with van der Waals surface area (Å²) in [6.07, 6.45) is 5.31. The first-order valence-corrected chi connectivity index (χ1v) is 9.56. The number of hydrogen-bond acceptors (Lipinski definition) is 5. The Kier molecular flexibility index (Phi) is 4.52. The van der Waals surface area contributed by atoms with Crippen LogP contribution in [-0.4, -0.2) is 33.3 Å². The van der Waals surface area contributed by atoms with Crippen LogP contribution >= 0.6 is 0 Å². The lowest BCUT2D eigenvalue weighted by Crippen LogP contribution is -2.51. The molecule has 1 heterocycles. The third-order valence-corrected chi connectivity index (χ3v) is 6.68. The molecule has 4 rings (SSSR count). The summed E-state index contributed by atoms with van der Waals surface area (Å²) >= 11 is 0. The Balaban J connectivity index is 1.73. The van der Waals surface area contributed by atoms with E-state index in [2.05, 4.69) is 5.10 Å². The summed E-state index contributed by atoms with van der Waals surface area (Å²) in [5.74, 6) is -0.759. The summed E-state index contributed by atoms with van der Waals surface area (Å²) < 4.78 is 19.7. The van der Waals surface area contributed by atoms with Crippen LogP contribution in [0, 0.1) is 21.3 Å². The van der Waals surface area contributed by atoms with E-state index in [9.17, 15) is 19.3 Å². The molecule has 29 heavy (non-hydrogen) atoms. The van der Waals surface area contributed by atoms with E-state index in [0.29, 0.717) is 19.3 Å². The molecule has 0 N–H and O–H groups in total. The van der Waals surface area contributed by atoms with Crippen LogP contribution in [0.5, 0.6) is 0 Å². The molecule has 0 aliphatic heterocycles. The molecule has 2 atom stereocenters. The molecule has 8 heteroatoms. The van der Waals surface area contributed by atoms with Gasteiger partial charge in [0, 0.05) is 17.8 Å². The minimum absolute atomic E-state index is 0.0159. The monoisotopic (exact) mass is 399 g/mol. The van der Waals surface area contributed by atoms with Gasteiger partial charge in [-0.25, -0.2) is 9.07 Å². The molecule has 0 saturated heterocycles. The lowest BCUT2D eigenvalue weighted by Gasteiger charge is -2.39. The third-order valence-electron chi connectivity index (χ3n) is 6.68. The van der Waals surface area contributed by atoms with E-state index in [0.717, 1.165) is 22.5 Å². The second-order valence-electron chi connectivity index (χ2n) is 7.99. The van der Waals surface area contributed by atoms with Crippen LogP contribution in [0.15, 0.2) is 36.0 Å². The maximum absolute atomic E-state index is 13.3. The van der Waals surface area contributed by atoms with Crippen molar-refractivity contribution in [1.29, 1.82) is 0 Å². The first kappa shape index (κ1) is 19.3. The average Bonchev–Trinajstić information content (AvgIpc) is 3.23. The minimum atomic E-state index is -1.22. The molecule has 2 aliphatic rings. The molecule has 2 aliphatic carbocycles. The number of methoxy groups -OCH3 is 1. The molecule has 0 radical (unpaired) electrons. The summed E-state index contributed by atoms with van der Waals surface area (Å²) in [6, 6.07) is 6.07. The molecule has 1 aromatic heterocycles. The van der Waals surface area contributed by atoms with Gasteiger partial charge in [0.05, 0.1) is 36.5 Å². The van der Waals surface area contributed by atoms with Gasteiger partial charge in [-0.15, -0.1) is 0 Å². The van der Waals surface area contributed by atoms with Crippen LogP contribution in [0.3, 0.4) is 0 Å². The van der Waals surface area contributed by atoms with Gasteiger partial charge in [-0.2, -0.15) is 5.10 Å². The zero-order chi connectivity index (χ0) is 20.8. The second-order valence-corrected chi connectivity index (χ2v) is 7.99. The van der Waals surface area contributed by atoms with Crippen molar-refractivity contribution < 1.29 is 18.8 Å². The predicted molar refractivity (Wildman–Crippen MR) is 104 cm³/mol. The number of carbonyl (C=O) groups is 1. The lowest BCUT2D eigenvalue weighted by molar-refractivity contribution is -0.587. The van der Waals surface area contributed by atoms with Crippen molar-refractivity contribution in [3.05, 3.63) is 63.2 Å². The fraction of sp³-hybridized carbons (Fsp3) is 0.429. The van der Waals surface area contributed by atoms with E-state index in [-0.39, 0.29) is 23.6 Å². The standard InChI is InChI=1S/C21H22FN3O4/c1-20-12-14-13-23-24(17-5-3-16(22)4-6-17)18(14)11-15(20)7-9-21(20,25(27)28)10-8-19(26)29-2/h3-6,11,13H,7-10,12H2,1-2H3/t20-,21+/m0/s1. The summed E-state index contributed by atoms with van der Waals surface area (Å²) in [5, 5.41) is 16.7. The zero-order valence-electron chi connectivity index (χ0n) is 16.4.